The molecule has 0 bridgehead atoms. The van der Waals surface area contributed by atoms with Gasteiger partial charge in [0.25, 0.3) is 0 Å². The zero-order chi connectivity index (χ0) is 13.1. The van der Waals surface area contributed by atoms with Gasteiger partial charge < -0.3 is 15.7 Å². The maximum Gasteiger partial charge on any atom is 0.328 e. The Hall–Kier alpha value is -1.10. The van der Waals surface area contributed by atoms with E-state index in [2.05, 4.69) is 10.6 Å². The molecule has 3 N–H and O–H groups in total. The molecule has 1 aliphatic heterocycles. The van der Waals surface area contributed by atoms with E-state index in [1.54, 1.807) is 0 Å². The van der Waals surface area contributed by atoms with Crippen molar-refractivity contribution in [1.29, 1.82) is 0 Å². The molecular formula is C12H22N2O3. The number of rotatable bonds is 4. The lowest BCUT2D eigenvalue weighted by atomic mass is 9.75. The first-order valence-electron chi connectivity index (χ1n) is 6.11. The molecule has 1 amide bonds. The minimum atomic E-state index is -1.20. The normalized spacial score (nSPS) is 19.7. The number of carbonyl (C=O) groups excluding carboxylic acids is 1. The molecule has 0 aliphatic carbocycles. The molecule has 1 fully saturated rings. The molecule has 0 atom stereocenters. The first-order chi connectivity index (χ1) is 7.84. The lowest BCUT2D eigenvalue weighted by Gasteiger charge is -2.37. The van der Waals surface area contributed by atoms with E-state index < -0.39 is 16.9 Å². The van der Waals surface area contributed by atoms with Crippen molar-refractivity contribution < 1.29 is 14.7 Å². The van der Waals surface area contributed by atoms with Crippen LogP contribution in [-0.4, -0.2) is 35.6 Å². The monoisotopic (exact) mass is 242 g/mol. The van der Waals surface area contributed by atoms with Crippen LogP contribution in [-0.2, 0) is 9.59 Å². The number of hydrogen-bond donors (Lipinski definition) is 3. The lowest BCUT2D eigenvalue weighted by molar-refractivity contribution is -0.148. The Labute approximate surface area is 102 Å². The predicted molar refractivity (Wildman–Crippen MR) is 64.7 cm³/mol. The van der Waals surface area contributed by atoms with Crippen LogP contribution >= 0.6 is 0 Å². The van der Waals surface area contributed by atoms with Crippen molar-refractivity contribution in [2.45, 2.75) is 45.6 Å². The molecule has 0 spiro atoms. The molecule has 1 rings (SSSR count). The van der Waals surface area contributed by atoms with Gasteiger partial charge in [-0.1, -0.05) is 6.92 Å². The molecule has 5 nitrogen and oxygen atoms in total. The van der Waals surface area contributed by atoms with Gasteiger partial charge in [0.2, 0.25) is 5.91 Å². The van der Waals surface area contributed by atoms with Crippen molar-refractivity contribution >= 4 is 11.9 Å². The van der Waals surface area contributed by atoms with Crippen LogP contribution in [0, 0.1) is 5.41 Å². The van der Waals surface area contributed by atoms with Crippen molar-refractivity contribution in [2.24, 2.45) is 5.41 Å². The zero-order valence-electron chi connectivity index (χ0n) is 10.8. The number of amides is 1. The van der Waals surface area contributed by atoms with Gasteiger partial charge in [-0.05, 0) is 46.2 Å². The van der Waals surface area contributed by atoms with Crippen molar-refractivity contribution in [3.63, 3.8) is 0 Å². The topological polar surface area (TPSA) is 78.4 Å². The Morgan fingerprint density at radius 2 is 1.88 bits per heavy atom. The molecule has 0 radical (unpaired) electrons. The molecule has 0 unspecified atom stereocenters. The number of carbonyl (C=O) groups is 2. The highest BCUT2D eigenvalue weighted by Crippen LogP contribution is 2.33. The molecule has 1 aliphatic rings. The Bertz CT molecular complexity index is 307. The second kappa shape index (κ2) is 5.04. The molecule has 17 heavy (non-hydrogen) atoms. The third-order valence-electron chi connectivity index (χ3n) is 3.68. The SMILES string of the molecule is CCC1(C(=O)NC(C)(C)C(=O)O)CCNCC1. The minimum absolute atomic E-state index is 0.131. The van der Waals surface area contributed by atoms with E-state index in [0.717, 1.165) is 32.4 Å². The second-order valence-electron chi connectivity index (χ2n) is 5.27. The second-order valence-corrected chi connectivity index (χ2v) is 5.27. The molecule has 1 saturated heterocycles. The van der Waals surface area contributed by atoms with Crippen LogP contribution < -0.4 is 10.6 Å². The third-order valence-corrected chi connectivity index (χ3v) is 3.68. The third kappa shape index (κ3) is 2.97. The summed E-state index contributed by atoms with van der Waals surface area (Å²) in [5, 5.41) is 14.9. The summed E-state index contributed by atoms with van der Waals surface area (Å²) in [5.41, 5.74) is -1.61. The van der Waals surface area contributed by atoms with Gasteiger partial charge in [0.15, 0.2) is 0 Å². The number of piperidine rings is 1. The van der Waals surface area contributed by atoms with E-state index in [1.165, 1.54) is 13.8 Å². The summed E-state index contributed by atoms with van der Waals surface area (Å²) in [6.07, 6.45) is 2.28. The quantitative estimate of drug-likeness (QED) is 0.679. The Kier molecular flexibility index (Phi) is 4.14. The maximum absolute atomic E-state index is 12.3. The Morgan fingerprint density at radius 3 is 2.29 bits per heavy atom. The van der Waals surface area contributed by atoms with Crippen LogP contribution in [0.15, 0.2) is 0 Å². The number of carboxylic acid groups (broad SMARTS) is 1. The number of aliphatic carboxylic acids is 1. The highest BCUT2D eigenvalue weighted by atomic mass is 16.4. The predicted octanol–water partition coefficient (Wildman–Crippen LogP) is 0.746. The van der Waals surface area contributed by atoms with E-state index >= 15 is 0 Å². The van der Waals surface area contributed by atoms with Crippen LogP contribution in [0.2, 0.25) is 0 Å². The maximum atomic E-state index is 12.3. The van der Waals surface area contributed by atoms with Gasteiger partial charge >= 0.3 is 5.97 Å². The molecule has 1 heterocycles. The molecule has 0 saturated carbocycles. The number of carboxylic acids is 1. The summed E-state index contributed by atoms with van der Waals surface area (Å²) in [7, 11) is 0. The van der Waals surface area contributed by atoms with Gasteiger partial charge in [0.1, 0.15) is 5.54 Å². The van der Waals surface area contributed by atoms with Crippen LogP contribution in [0.3, 0.4) is 0 Å². The van der Waals surface area contributed by atoms with Gasteiger partial charge in [0.05, 0.1) is 5.41 Å². The first-order valence-corrected chi connectivity index (χ1v) is 6.11. The van der Waals surface area contributed by atoms with Crippen molar-refractivity contribution in [1.82, 2.24) is 10.6 Å². The molecular weight excluding hydrogens is 220 g/mol. The number of nitrogens with one attached hydrogen (secondary N) is 2. The van der Waals surface area contributed by atoms with E-state index in [9.17, 15) is 9.59 Å². The molecule has 98 valence electrons. The van der Waals surface area contributed by atoms with Crippen molar-refractivity contribution in [3.8, 4) is 0 Å². The summed E-state index contributed by atoms with van der Waals surface area (Å²) in [6, 6.07) is 0. The van der Waals surface area contributed by atoms with E-state index in [1.807, 2.05) is 6.92 Å². The average Bonchev–Trinajstić information content (AvgIpc) is 2.29. The van der Waals surface area contributed by atoms with Crippen molar-refractivity contribution in [2.75, 3.05) is 13.1 Å². The fraction of sp³-hybridized carbons (Fsp3) is 0.833. The lowest BCUT2D eigenvalue weighted by Crippen LogP contribution is -2.56. The van der Waals surface area contributed by atoms with Gasteiger partial charge in [-0.25, -0.2) is 4.79 Å². The molecule has 0 aromatic rings. The number of hydrogen-bond acceptors (Lipinski definition) is 3. The summed E-state index contributed by atoms with van der Waals surface area (Å²) < 4.78 is 0. The molecule has 0 aromatic carbocycles. The molecule has 0 aromatic heterocycles. The molecule has 5 heteroatoms. The zero-order valence-corrected chi connectivity index (χ0v) is 10.8. The van der Waals surface area contributed by atoms with E-state index in [4.69, 9.17) is 5.11 Å². The van der Waals surface area contributed by atoms with Crippen LogP contribution in [0.1, 0.15) is 40.0 Å². The highest BCUT2D eigenvalue weighted by Gasteiger charge is 2.41. The van der Waals surface area contributed by atoms with E-state index in [0.29, 0.717) is 0 Å². The Balaban J connectivity index is 2.76. The minimum Gasteiger partial charge on any atom is -0.480 e. The summed E-state index contributed by atoms with van der Waals surface area (Å²) in [4.78, 5) is 23.3. The van der Waals surface area contributed by atoms with Crippen molar-refractivity contribution in [3.05, 3.63) is 0 Å². The van der Waals surface area contributed by atoms with Crippen LogP contribution in [0.4, 0.5) is 0 Å². The summed E-state index contributed by atoms with van der Waals surface area (Å²) in [5.74, 6) is -1.14. The van der Waals surface area contributed by atoms with Gasteiger partial charge in [-0.2, -0.15) is 0 Å². The Morgan fingerprint density at radius 1 is 1.35 bits per heavy atom. The van der Waals surface area contributed by atoms with Crippen LogP contribution in [0.5, 0.6) is 0 Å². The summed E-state index contributed by atoms with van der Waals surface area (Å²) in [6.45, 7) is 6.64. The first kappa shape index (κ1) is 14.0. The average molecular weight is 242 g/mol. The highest BCUT2D eigenvalue weighted by molar-refractivity contribution is 5.89. The van der Waals surface area contributed by atoms with Gasteiger partial charge in [-0.15, -0.1) is 0 Å². The fourth-order valence-electron chi connectivity index (χ4n) is 2.12. The van der Waals surface area contributed by atoms with Gasteiger partial charge in [-0.3, -0.25) is 4.79 Å². The largest absolute Gasteiger partial charge is 0.480 e. The van der Waals surface area contributed by atoms with Crippen LogP contribution in [0.25, 0.3) is 0 Å². The standard InChI is InChI=1S/C12H22N2O3/c1-4-12(5-7-13-8-6-12)9(15)14-11(2,3)10(16)17/h13H,4-8H2,1-3H3,(H,14,15)(H,16,17). The fourth-order valence-corrected chi connectivity index (χ4v) is 2.12. The summed E-state index contributed by atoms with van der Waals surface area (Å²) >= 11 is 0. The van der Waals surface area contributed by atoms with Gasteiger partial charge in [0, 0.05) is 0 Å². The smallest absolute Gasteiger partial charge is 0.328 e. The van der Waals surface area contributed by atoms with E-state index in [-0.39, 0.29) is 5.91 Å².